The van der Waals surface area contributed by atoms with Crippen LogP contribution in [0, 0.1) is 5.82 Å². The van der Waals surface area contributed by atoms with E-state index in [1.165, 1.54) is 12.3 Å². The van der Waals surface area contributed by atoms with Crippen molar-refractivity contribution in [1.82, 2.24) is 4.98 Å². The zero-order valence-corrected chi connectivity index (χ0v) is 17.9. The van der Waals surface area contributed by atoms with Crippen LogP contribution in [0.2, 0.25) is 0 Å². The predicted molar refractivity (Wildman–Crippen MR) is 121 cm³/mol. The molecule has 0 spiro atoms. The van der Waals surface area contributed by atoms with E-state index in [4.69, 9.17) is 15.2 Å². The molecule has 1 saturated carbocycles. The van der Waals surface area contributed by atoms with E-state index in [-0.39, 0.29) is 24.9 Å². The van der Waals surface area contributed by atoms with Gasteiger partial charge in [-0.1, -0.05) is 18.2 Å². The van der Waals surface area contributed by atoms with Gasteiger partial charge in [0.1, 0.15) is 11.9 Å². The molecule has 3 N–H and O–H groups in total. The SMILES string of the molecule is NCc1ccc(C(=O)Nc2ccncc2F)cc1-c1cccc(OCC(=O)OC2CCC2)c1. The van der Waals surface area contributed by atoms with Crippen LogP contribution in [0.25, 0.3) is 11.1 Å². The number of esters is 1. The number of nitrogens with two attached hydrogens (primary N) is 1. The molecule has 1 aromatic heterocycles. The topological polar surface area (TPSA) is 104 Å². The fourth-order valence-corrected chi connectivity index (χ4v) is 3.44. The van der Waals surface area contributed by atoms with E-state index in [0.717, 1.165) is 42.1 Å². The number of rotatable bonds is 8. The van der Waals surface area contributed by atoms with E-state index in [9.17, 15) is 14.0 Å². The first-order chi connectivity index (χ1) is 16.0. The monoisotopic (exact) mass is 449 g/mol. The van der Waals surface area contributed by atoms with Crippen LogP contribution in [0.3, 0.4) is 0 Å². The van der Waals surface area contributed by atoms with Crippen molar-refractivity contribution < 1.29 is 23.5 Å². The Hall–Kier alpha value is -3.78. The lowest BCUT2D eigenvalue weighted by Gasteiger charge is -2.25. The zero-order valence-electron chi connectivity index (χ0n) is 17.9. The zero-order chi connectivity index (χ0) is 23.2. The van der Waals surface area contributed by atoms with Gasteiger partial charge >= 0.3 is 5.97 Å². The molecule has 33 heavy (non-hydrogen) atoms. The molecule has 2 aromatic carbocycles. The lowest BCUT2D eigenvalue weighted by molar-refractivity contribution is -0.155. The fourth-order valence-electron chi connectivity index (χ4n) is 3.44. The number of aromatic nitrogens is 1. The first kappa shape index (κ1) is 22.4. The van der Waals surface area contributed by atoms with E-state index < -0.39 is 17.7 Å². The Bertz CT molecular complexity index is 1160. The van der Waals surface area contributed by atoms with Crippen molar-refractivity contribution in [2.45, 2.75) is 31.9 Å². The van der Waals surface area contributed by atoms with Crippen molar-refractivity contribution in [3.63, 3.8) is 0 Å². The normalized spacial score (nSPS) is 13.2. The molecule has 1 amide bonds. The number of carbonyl (C=O) groups excluding carboxylic acids is 2. The number of amides is 1. The minimum absolute atomic E-state index is 0.00839. The molecule has 1 aliphatic carbocycles. The number of ether oxygens (including phenoxy) is 2. The summed E-state index contributed by atoms with van der Waals surface area (Å²) >= 11 is 0. The lowest BCUT2D eigenvalue weighted by Crippen LogP contribution is -2.27. The predicted octanol–water partition coefficient (Wildman–Crippen LogP) is 4.07. The molecule has 1 heterocycles. The van der Waals surface area contributed by atoms with Gasteiger partial charge in [0.2, 0.25) is 0 Å². The Balaban J connectivity index is 1.51. The summed E-state index contributed by atoms with van der Waals surface area (Å²) in [5.41, 5.74) is 8.63. The second kappa shape index (κ2) is 10.2. The smallest absolute Gasteiger partial charge is 0.344 e. The van der Waals surface area contributed by atoms with Crippen LogP contribution in [-0.2, 0) is 16.1 Å². The fraction of sp³-hybridized carbons (Fsp3) is 0.240. The van der Waals surface area contributed by atoms with E-state index in [1.54, 1.807) is 36.4 Å². The van der Waals surface area contributed by atoms with Crippen LogP contribution in [0.15, 0.2) is 60.9 Å². The highest BCUT2D eigenvalue weighted by Gasteiger charge is 2.22. The largest absolute Gasteiger partial charge is 0.482 e. The molecule has 0 atom stereocenters. The first-order valence-electron chi connectivity index (χ1n) is 10.7. The van der Waals surface area contributed by atoms with Crippen LogP contribution >= 0.6 is 0 Å². The molecule has 8 heteroatoms. The number of benzene rings is 2. The number of carbonyl (C=O) groups is 2. The third kappa shape index (κ3) is 5.53. The highest BCUT2D eigenvalue weighted by molar-refractivity contribution is 6.05. The van der Waals surface area contributed by atoms with Gasteiger partial charge < -0.3 is 20.5 Å². The van der Waals surface area contributed by atoms with Crippen molar-refractivity contribution in [1.29, 1.82) is 0 Å². The van der Waals surface area contributed by atoms with Crippen LogP contribution < -0.4 is 15.8 Å². The third-order valence-corrected chi connectivity index (χ3v) is 5.46. The Morgan fingerprint density at radius 1 is 1.15 bits per heavy atom. The van der Waals surface area contributed by atoms with Gasteiger partial charge in [-0.2, -0.15) is 0 Å². The number of nitrogens with zero attached hydrogens (tertiary/aromatic N) is 1. The van der Waals surface area contributed by atoms with Crippen LogP contribution in [0.5, 0.6) is 5.75 Å². The average Bonchev–Trinajstić information content (AvgIpc) is 2.81. The van der Waals surface area contributed by atoms with Gasteiger partial charge in [-0.25, -0.2) is 9.18 Å². The Labute approximate surface area is 190 Å². The molecule has 7 nitrogen and oxygen atoms in total. The highest BCUT2D eigenvalue weighted by atomic mass is 19.1. The van der Waals surface area contributed by atoms with Crippen LogP contribution in [0.1, 0.15) is 35.2 Å². The molecular weight excluding hydrogens is 425 g/mol. The molecule has 0 bridgehead atoms. The highest BCUT2D eigenvalue weighted by Crippen LogP contribution is 2.29. The number of halogens is 1. The minimum atomic E-state index is -0.620. The minimum Gasteiger partial charge on any atom is -0.482 e. The van der Waals surface area contributed by atoms with Crippen LogP contribution in [-0.4, -0.2) is 29.6 Å². The number of pyridine rings is 1. The Kier molecular flexibility index (Phi) is 6.95. The van der Waals surface area contributed by atoms with Crippen molar-refractivity contribution in [2.75, 3.05) is 11.9 Å². The lowest BCUT2D eigenvalue weighted by atomic mass is 9.96. The standard InChI is InChI=1S/C25H24FN3O4/c26-22-14-28-10-9-23(22)29-25(31)17-7-8-18(13-27)21(12-17)16-3-1-6-20(11-16)32-15-24(30)33-19-4-2-5-19/h1,3,6-12,14,19H,2,4-5,13,15,27H2,(H,28,29,31). The van der Waals surface area contributed by atoms with Gasteiger partial charge in [-0.15, -0.1) is 0 Å². The molecular formula is C25H24FN3O4. The van der Waals surface area contributed by atoms with Gasteiger partial charge in [-0.05, 0) is 66.3 Å². The summed E-state index contributed by atoms with van der Waals surface area (Å²) in [6.45, 7) is 0.0820. The molecule has 0 aliphatic heterocycles. The van der Waals surface area contributed by atoms with E-state index in [2.05, 4.69) is 10.3 Å². The quantitative estimate of drug-likeness (QED) is 0.503. The van der Waals surface area contributed by atoms with Crippen molar-refractivity contribution in [3.8, 4) is 16.9 Å². The second-order valence-electron chi connectivity index (χ2n) is 7.74. The van der Waals surface area contributed by atoms with Crippen molar-refractivity contribution >= 4 is 17.6 Å². The number of nitrogens with one attached hydrogen (secondary N) is 1. The molecule has 0 saturated heterocycles. The molecule has 0 unspecified atom stereocenters. The van der Waals surface area contributed by atoms with Gasteiger partial charge in [0, 0.05) is 18.3 Å². The number of hydrogen-bond donors (Lipinski definition) is 2. The molecule has 3 aromatic rings. The molecule has 0 radical (unpaired) electrons. The van der Waals surface area contributed by atoms with Crippen LogP contribution in [0.4, 0.5) is 10.1 Å². The first-order valence-corrected chi connectivity index (χ1v) is 10.7. The second-order valence-corrected chi connectivity index (χ2v) is 7.74. The Morgan fingerprint density at radius 2 is 2.00 bits per heavy atom. The summed E-state index contributed by atoms with van der Waals surface area (Å²) in [7, 11) is 0. The van der Waals surface area contributed by atoms with E-state index in [1.807, 2.05) is 6.07 Å². The maximum absolute atomic E-state index is 13.9. The van der Waals surface area contributed by atoms with Gasteiger partial charge in [0.05, 0.1) is 11.9 Å². The molecule has 1 fully saturated rings. The van der Waals surface area contributed by atoms with E-state index >= 15 is 0 Å². The average molecular weight is 449 g/mol. The van der Waals surface area contributed by atoms with Gasteiger partial charge in [-0.3, -0.25) is 9.78 Å². The summed E-state index contributed by atoms with van der Waals surface area (Å²) in [5, 5.41) is 2.55. The maximum atomic E-state index is 13.9. The van der Waals surface area contributed by atoms with Crippen molar-refractivity contribution in [2.24, 2.45) is 5.73 Å². The Morgan fingerprint density at radius 3 is 2.73 bits per heavy atom. The third-order valence-electron chi connectivity index (χ3n) is 5.46. The number of anilines is 1. The van der Waals surface area contributed by atoms with Gasteiger partial charge in [0.15, 0.2) is 12.4 Å². The summed E-state index contributed by atoms with van der Waals surface area (Å²) < 4.78 is 24.8. The molecule has 1 aliphatic rings. The summed E-state index contributed by atoms with van der Waals surface area (Å²) in [4.78, 5) is 28.3. The summed E-state index contributed by atoms with van der Waals surface area (Å²) in [5.74, 6) is -0.981. The number of hydrogen-bond acceptors (Lipinski definition) is 6. The van der Waals surface area contributed by atoms with E-state index in [0.29, 0.717) is 11.3 Å². The van der Waals surface area contributed by atoms with Crippen molar-refractivity contribution in [3.05, 3.63) is 77.9 Å². The molecule has 4 rings (SSSR count). The maximum Gasteiger partial charge on any atom is 0.344 e. The molecule has 170 valence electrons. The summed E-state index contributed by atoms with van der Waals surface area (Å²) in [6, 6.07) is 13.6. The van der Waals surface area contributed by atoms with Gasteiger partial charge in [0.25, 0.3) is 5.91 Å². The summed E-state index contributed by atoms with van der Waals surface area (Å²) in [6.07, 6.45) is 5.33.